The van der Waals surface area contributed by atoms with Crippen LogP contribution in [0.4, 0.5) is 0 Å². The first kappa shape index (κ1) is 16.5. The van der Waals surface area contributed by atoms with E-state index in [1.165, 1.54) is 20.5 Å². The molecule has 0 aromatic carbocycles. The number of nitrogens with zero attached hydrogens (tertiary/aromatic N) is 1. The molecule has 0 radical (unpaired) electrons. The van der Waals surface area contributed by atoms with Crippen LogP contribution in [0.1, 0.15) is 28.4 Å². The van der Waals surface area contributed by atoms with Crippen LogP contribution in [0, 0.1) is 0 Å². The van der Waals surface area contributed by atoms with Crippen molar-refractivity contribution in [2.45, 2.75) is 18.4 Å². The van der Waals surface area contributed by atoms with Crippen LogP contribution in [-0.2, 0) is 31.0 Å². The minimum atomic E-state index is -1.55. The van der Waals surface area contributed by atoms with Crippen LogP contribution in [0.3, 0.4) is 0 Å². The van der Waals surface area contributed by atoms with Gasteiger partial charge in [-0.05, 0) is 34.5 Å². The molecule has 3 rings (SSSR count). The van der Waals surface area contributed by atoms with E-state index >= 15 is 0 Å². The Morgan fingerprint density at radius 1 is 1.21 bits per heavy atom. The lowest BCUT2D eigenvalue weighted by molar-refractivity contribution is -0.161. The number of furan rings is 1. The number of ether oxygens (including phenoxy) is 2. The number of methoxy groups -OCH3 is 2. The molecular formula is C16H14BrNO6. The molecule has 0 bridgehead atoms. The molecule has 24 heavy (non-hydrogen) atoms. The van der Waals surface area contributed by atoms with Crippen LogP contribution in [0.25, 0.3) is 0 Å². The molecule has 2 aromatic heterocycles. The predicted octanol–water partition coefficient (Wildman–Crippen LogP) is 2.06. The standard InChI is InChI=1S/C16H14BrNO6/c1-22-14(20)16(15(21)23-2)5-6-18-10(3-4-12(16)18)13(19)11-7-9(17)8-24-11/h3-4,7-8H,5-6H2,1-2H3. The maximum absolute atomic E-state index is 12.6. The highest BCUT2D eigenvalue weighted by Gasteiger charge is 2.55. The van der Waals surface area contributed by atoms with Gasteiger partial charge in [-0.1, -0.05) is 0 Å². The highest BCUT2D eigenvalue weighted by molar-refractivity contribution is 9.10. The van der Waals surface area contributed by atoms with Gasteiger partial charge in [0.15, 0.2) is 5.76 Å². The van der Waals surface area contributed by atoms with Crippen LogP contribution in [0.5, 0.6) is 0 Å². The third-order valence-corrected chi connectivity index (χ3v) is 4.64. The summed E-state index contributed by atoms with van der Waals surface area (Å²) in [5, 5.41) is 0. The number of fused-ring (bicyclic) bond motifs is 1. The summed E-state index contributed by atoms with van der Waals surface area (Å²) in [7, 11) is 2.43. The molecule has 7 nitrogen and oxygen atoms in total. The molecule has 0 saturated carbocycles. The largest absolute Gasteiger partial charge is 0.468 e. The molecule has 0 saturated heterocycles. The van der Waals surface area contributed by atoms with Gasteiger partial charge in [0.1, 0.15) is 6.26 Å². The average molecular weight is 396 g/mol. The lowest BCUT2D eigenvalue weighted by atomic mass is 9.83. The van der Waals surface area contributed by atoms with Crippen molar-refractivity contribution >= 4 is 33.7 Å². The molecule has 0 aliphatic carbocycles. The van der Waals surface area contributed by atoms with E-state index in [0.29, 0.717) is 22.4 Å². The first-order chi connectivity index (χ1) is 11.5. The zero-order valence-corrected chi connectivity index (χ0v) is 14.6. The zero-order chi connectivity index (χ0) is 17.5. The number of esters is 2. The Hall–Kier alpha value is -2.35. The van der Waals surface area contributed by atoms with Gasteiger partial charge in [-0.2, -0.15) is 0 Å². The van der Waals surface area contributed by atoms with Crippen molar-refractivity contribution < 1.29 is 28.3 Å². The molecule has 2 aromatic rings. The Morgan fingerprint density at radius 2 is 1.88 bits per heavy atom. The lowest BCUT2D eigenvalue weighted by Crippen LogP contribution is -2.43. The van der Waals surface area contributed by atoms with Crippen molar-refractivity contribution in [3.05, 3.63) is 46.1 Å². The topological polar surface area (TPSA) is 87.7 Å². The van der Waals surface area contributed by atoms with Crippen molar-refractivity contribution in [3.8, 4) is 0 Å². The van der Waals surface area contributed by atoms with Gasteiger partial charge < -0.3 is 18.5 Å². The second kappa shape index (κ2) is 5.94. The van der Waals surface area contributed by atoms with Gasteiger partial charge in [0, 0.05) is 18.3 Å². The Morgan fingerprint density at radius 3 is 2.42 bits per heavy atom. The molecule has 1 aliphatic heterocycles. The molecule has 0 atom stereocenters. The molecule has 8 heteroatoms. The fourth-order valence-corrected chi connectivity index (χ4v) is 3.39. The predicted molar refractivity (Wildman–Crippen MR) is 84.6 cm³/mol. The number of hydrogen-bond acceptors (Lipinski definition) is 6. The normalized spacial score (nSPS) is 15.0. The molecule has 0 amide bonds. The highest BCUT2D eigenvalue weighted by Crippen LogP contribution is 2.39. The summed E-state index contributed by atoms with van der Waals surface area (Å²) in [4.78, 5) is 37.2. The third kappa shape index (κ3) is 2.21. The number of hydrogen-bond donors (Lipinski definition) is 0. The second-order valence-corrected chi connectivity index (χ2v) is 6.27. The monoisotopic (exact) mass is 395 g/mol. The Balaban J connectivity index is 2.08. The van der Waals surface area contributed by atoms with E-state index in [1.807, 2.05) is 0 Å². The molecule has 3 heterocycles. The molecule has 0 spiro atoms. The van der Waals surface area contributed by atoms with E-state index in [1.54, 1.807) is 22.8 Å². The van der Waals surface area contributed by atoms with Gasteiger partial charge >= 0.3 is 11.9 Å². The van der Waals surface area contributed by atoms with Crippen molar-refractivity contribution in [2.24, 2.45) is 0 Å². The summed E-state index contributed by atoms with van der Waals surface area (Å²) in [5.74, 6) is -1.58. The Labute approximate surface area is 145 Å². The number of rotatable bonds is 4. The average Bonchev–Trinajstić information content (AvgIpc) is 3.28. The minimum absolute atomic E-state index is 0.163. The third-order valence-electron chi connectivity index (χ3n) is 4.22. The fraction of sp³-hybridized carbons (Fsp3) is 0.312. The molecule has 0 fully saturated rings. The summed E-state index contributed by atoms with van der Waals surface area (Å²) < 4.78 is 17.1. The molecule has 0 N–H and O–H groups in total. The maximum Gasteiger partial charge on any atom is 0.329 e. The van der Waals surface area contributed by atoms with Crippen molar-refractivity contribution in [3.63, 3.8) is 0 Å². The van der Waals surface area contributed by atoms with E-state index in [9.17, 15) is 14.4 Å². The van der Waals surface area contributed by atoms with Crippen molar-refractivity contribution in [1.82, 2.24) is 4.57 Å². The molecule has 1 aliphatic rings. The summed E-state index contributed by atoms with van der Waals surface area (Å²) >= 11 is 3.23. The van der Waals surface area contributed by atoms with Gasteiger partial charge in [-0.3, -0.25) is 14.4 Å². The van der Waals surface area contributed by atoms with Crippen LogP contribution in [0.15, 0.2) is 33.4 Å². The molecule has 126 valence electrons. The van der Waals surface area contributed by atoms with Crippen LogP contribution in [0.2, 0.25) is 0 Å². The maximum atomic E-state index is 12.6. The Bertz CT molecular complexity index is 817. The van der Waals surface area contributed by atoms with Gasteiger partial charge in [0.2, 0.25) is 11.2 Å². The summed E-state index contributed by atoms with van der Waals surface area (Å²) in [6, 6.07) is 4.70. The molecule has 0 unspecified atom stereocenters. The van der Waals surface area contributed by atoms with Crippen LogP contribution < -0.4 is 0 Å². The van der Waals surface area contributed by atoms with E-state index in [4.69, 9.17) is 13.9 Å². The molecular weight excluding hydrogens is 382 g/mol. The summed E-state index contributed by atoms with van der Waals surface area (Å²) in [6.45, 7) is 0.315. The number of halogens is 1. The first-order valence-electron chi connectivity index (χ1n) is 7.11. The number of ketones is 1. The van der Waals surface area contributed by atoms with Crippen LogP contribution >= 0.6 is 15.9 Å². The van der Waals surface area contributed by atoms with Crippen LogP contribution in [-0.4, -0.2) is 36.5 Å². The SMILES string of the molecule is COC(=O)C1(C(=O)OC)CCn2c(C(=O)c3cc(Br)co3)ccc21. The van der Waals surface area contributed by atoms with E-state index in [2.05, 4.69) is 15.9 Å². The van der Waals surface area contributed by atoms with Gasteiger partial charge in [0.05, 0.1) is 24.4 Å². The summed E-state index contributed by atoms with van der Waals surface area (Å²) in [6.07, 6.45) is 1.58. The van der Waals surface area contributed by atoms with E-state index in [0.717, 1.165) is 0 Å². The smallest absolute Gasteiger partial charge is 0.329 e. The van der Waals surface area contributed by atoms with E-state index in [-0.39, 0.29) is 18.0 Å². The van der Waals surface area contributed by atoms with Gasteiger partial charge in [-0.15, -0.1) is 0 Å². The number of carbonyl (C=O) groups is 3. The van der Waals surface area contributed by atoms with Gasteiger partial charge in [-0.25, -0.2) is 0 Å². The minimum Gasteiger partial charge on any atom is -0.468 e. The lowest BCUT2D eigenvalue weighted by Gasteiger charge is -2.22. The van der Waals surface area contributed by atoms with Crippen molar-refractivity contribution in [1.29, 1.82) is 0 Å². The van der Waals surface area contributed by atoms with Crippen molar-refractivity contribution in [2.75, 3.05) is 14.2 Å². The van der Waals surface area contributed by atoms with Gasteiger partial charge in [0.25, 0.3) is 0 Å². The quantitative estimate of drug-likeness (QED) is 0.447. The number of carbonyl (C=O) groups excluding carboxylic acids is 3. The number of aromatic nitrogens is 1. The zero-order valence-electron chi connectivity index (χ0n) is 13.0. The van der Waals surface area contributed by atoms with E-state index < -0.39 is 17.4 Å². The Kier molecular flexibility index (Phi) is 4.08. The second-order valence-electron chi connectivity index (χ2n) is 5.35. The highest BCUT2D eigenvalue weighted by atomic mass is 79.9. The first-order valence-corrected chi connectivity index (χ1v) is 7.90. The summed E-state index contributed by atoms with van der Waals surface area (Å²) in [5.41, 5.74) is -0.831. The fourth-order valence-electron chi connectivity index (χ4n) is 3.09.